The Hall–Kier alpha value is -1.36. The second-order valence-electron chi connectivity index (χ2n) is 4.87. The first-order valence-corrected chi connectivity index (χ1v) is 6.61. The topological polar surface area (TPSA) is 58.4 Å². The summed E-state index contributed by atoms with van der Waals surface area (Å²) in [6.45, 7) is 3.59. The normalized spacial score (nSPS) is 20.1. The lowest BCUT2D eigenvalue weighted by Crippen LogP contribution is -2.44. The molecule has 0 bridgehead atoms. The molecule has 1 fully saturated rings. The standard InChI is InChI=1S/C13H21N3O2/c1-10-9-12(18-15-10)13(17)16-8-4-3-5-11(16)6-7-14-2/h9,11,14H,3-8H2,1-2H3. The van der Waals surface area contributed by atoms with Gasteiger partial charge in [-0.05, 0) is 46.2 Å². The van der Waals surface area contributed by atoms with Crippen LogP contribution in [0, 0.1) is 6.92 Å². The number of carbonyl (C=O) groups excluding carboxylic acids is 1. The maximum atomic E-state index is 12.4. The SMILES string of the molecule is CNCCC1CCCCN1C(=O)c1cc(C)no1. The highest BCUT2D eigenvalue weighted by molar-refractivity contribution is 5.91. The van der Waals surface area contributed by atoms with Crippen molar-refractivity contribution in [1.29, 1.82) is 0 Å². The minimum absolute atomic E-state index is 0.0172. The zero-order chi connectivity index (χ0) is 13.0. The number of aryl methyl sites for hydroxylation is 1. The van der Waals surface area contributed by atoms with Crippen LogP contribution in [-0.2, 0) is 0 Å². The Bertz CT molecular complexity index is 403. The summed E-state index contributed by atoms with van der Waals surface area (Å²) in [6, 6.07) is 2.04. The highest BCUT2D eigenvalue weighted by atomic mass is 16.5. The van der Waals surface area contributed by atoms with E-state index in [4.69, 9.17) is 4.52 Å². The first kappa shape index (κ1) is 13.1. The van der Waals surface area contributed by atoms with Gasteiger partial charge in [-0.25, -0.2) is 0 Å². The molecule has 0 spiro atoms. The summed E-state index contributed by atoms with van der Waals surface area (Å²) in [5, 5.41) is 6.93. The Morgan fingerprint density at radius 3 is 3.11 bits per heavy atom. The molecule has 0 aromatic carbocycles. The van der Waals surface area contributed by atoms with E-state index in [1.165, 1.54) is 6.42 Å². The zero-order valence-electron chi connectivity index (χ0n) is 11.1. The molecule has 1 aliphatic heterocycles. The molecule has 1 amide bonds. The van der Waals surface area contributed by atoms with Gasteiger partial charge >= 0.3 is 0 Å². The van der Waals surface area contributed by atoms with E-state index in [0.29, 0.717) is 11.8 Å². The van der Waals surface area contributed by atoms with Crippen molar-refractivity contribution < 1.29 is 9.32 Å². The van der Waals surface area contributed by atoms with Gasteiger partial charge in [0, 0.05) is 18.7 Å². The van der Waals surface area contributed by atoms with Crippen LogP contribution in [0.3, 0.4) is 0 Å². The van der Waals surface area contributed by atoms with Crippen molar-refractivity contribution in [3.05, 3.63) is 17.5 Å². The quantitative estimate of drug-likeness (QED) is 0.882. The maximum absolute atomic E-state index is 12.4. The fraction of sp³-hybridized carbons (Fsp3) is 0.692. The van der Waals surface area contributed by atoms with Gasteiger partial charge in [0.2, 0.25) is 5.76 Å². The molecule has 5 nitrogen and oxygen atoms in total. The fourth-order valence-corrected chi connectivity index (χ4v) is 2.48. The van der Waals surface area contributed by atoms with Crippen LogP contribution in [0.2, 0.25) is 0 Å². The number of rotatable bonds is 4. The van der Waals surface area contributed by atoms with Gasteiger partial charge in [0.15, 0.2) is 0 Å². The molecule has 100 valence electrons. The maximum Gasteiger partial charge on any atom is 0.292 e. The lowest BCUT2D eigenvalue weighted by molar-refractivity contribution is 0.0560. The van der Waals surface area contributed by atoms with Gasteiger partial charge in [-0.1, -0.05) is 5.16 Å². The minimum atomic E-state index is -0.0172. The summed E-state index contributed by atoms with van der Waals surface area (Å²) in [7, 11) is 1.94. The Kier molecular flexibility index (Phi) is 4.36. The molecule has 2 rings (SSSR count). The van der Waals surface area contributed by atoms with Crippen LogP contribution in [0.4, 0.5) is 0 Å². The minimum Gasteiger partial charge on any atom is -0.351 e. The molecule has 0 saturated carbocycles. The van der Waals surface area contributed by atoms with Gasteiger partial charge in [0.25, 0.3) is 5.91 Å². The van der Waals surface area contributed by atoms with Gasteiger partial charge < -0.3 is 14.7 Å². The molecule has 18 heavy (non-hydrogen) atoms. The largest absolute Gasteiger partial charge is 0.351 e. The Morgan fingerprint density at radius 2 is 2.44 bits per heavy atom. The predicted molar refractivity (Wildman–Crippen MR) is 68.5 cm³/mol. The molecule has 5 heteroatoms. The molecule has 1 unspecified atom stereocenters. The monoisotopic (exact) mass is 251 g/mol. The highest BCUT2D eigenvalue weighted by Crippen LogP contribution is 2.22. The van der Waals surface area contributed by atoms with Crippen molar-refractivity contribution in [2.75, 3.05) is 20.1 Å². The summed E-state index contributed by atoms with van der Waals surface area (Å²) < 4.78 is 5.08. The lowest BCUT2D eigenvalue weighted by Gasteiger charge is -2.35. The summed E-state index contributed by atoms with van der Waals surface area (Å²) in [5.74, 6) is 0.347. The molecule has 1 aromatic heterocycles. The third-order valence-corrected chi connectivity index (χ3v) is 3.45. The number of nitrogens with one attached hydrogen (secondary N) is 1. The smallest absolute Gasteiger partial charge is 0.292 e. The average Bonchev–Trinajstić information content (AvgIpc) is 2.82. The Morgan fingerprint density at radius 1 is 1.61 bits per heavy atom. The number of likely N-dealkylation sites (tertiary alicyclic amines) is 1. The van der Waals surface area contributed by atoms with Crippen molar-refractivity contribution in [3.8, 4) is 0 Å². The van der Waals surface area contributed by atoms with Gasteiger partial charge in [-0.2, -0.15) is 0 Å². The summed E-state index contributed by atoms with van der Waals surface area (Å²) in [5.41, 5.74) is 0.752. The first-order chi connectivity index (χ1) is 8.72. The van der Waals surface area contributed by atoms with Crippen molar-refractivity contribution in [3.63, 3.8) is 0 Å². The zero-order valence-corrected chi connectivity index (χ0v) is 11.1. The molecule has 1 N–H and O–H groups in total. The number of hydrogen-bond acceptors (Lipinski definition) is 4. The van der Waals surface area contributed by atoms with E-state index >= 15 is 0 Å². The van der Waals surface area contributed by atoms with E-state index in [-0.39, 0.29) is 5.91 Å². The van der Waals surface area contributed by atoms with E-state index in [9.17, 15) is 4.79 Å². The molecule has 1 aliphatic rings. The molecule has 2 heterocycles. The molecular weight excluding hydrogens is 230 g/mol. The lowest BCUT2D eigenvalue weighted by atomic mass is 9.99. The number of nitrogens with zero attached hydrogens (tertiary/aromatic N) is 2. The molecule has 1 aromatic rings. The number of hydrogen-bond donors (Lipinski definition) is 1. The summed E-state index contributed by atoms with van der Waals surface area (Å²) in [6.07, 6.45) is 4.36. The van der Waals surface area contributed by atoms with Crippen molar-refractivity contribution in [2.45, 2.75) is 38.6 Å². The van der Waals surface area contributed by atoms with Crippen LogP contribution in [0.5, 0.6) is 0 Å². The number of aromatic nitrogens is 1. The molecule has 1 saturated heterocycles. The molecule has 0 aliphatic carbocycles. The van der Waals surface area contributed by atoms with Gasteiger partial charge in [-0.15, -0.1) is 0 Å². The number of piperidine rings is 1. The van der Waals surface area contributed by atoms with Crippen LogP contribution in [-0.4, -0.2) is 42.1 Å². The van der Waals surface area contributed by atoms with Crippen LogP contribution < -0.4 is 5.32 Å². The molecular formula is C13H21N3O2. The highest BCUT2D eigenvalue weighted by Gasteiger charge is 2.29. The van der Waals surface area contributed by atoms with E-state index in [1.54, 1.807) is 6.07 Å². The van der Waals surface area contributed by atoms with Crippen molar-refractivity contribution in [1.82, 2.24) is 15.4 Å². The third kappa shape index (κ3) is 2.90. The van der Waals surface area contributed by atoms with E-state index in [0.717, 1.165) is 38.0 Å². The second kappa shape index (κ2) is 6.00. The van der Waals surface area contributed by atoms with Crippen LogP contribution >= 0.6 is 0 Å². The Balaban J connectivity index is 2.06. The molecule has 1 atom stereocenters. The van der Waals surface area contributed by atoms with Crippen LogP contribution in [0.1, 0.15) is 41.9 Å². The number of amides is 1. The van der Waals surface area contributed by atoms with E-state index in [1.807, 2.05) is 18.9 Å². The van der Waals surface area contributed by atoms with Crippen LogP contribution in [0.25, 0.3) is 0 Å². The molecule has 0 radical (unpaired) electrons. The third-order valence-electron chi connectivity index (χ3n) is 3.45. The number of carbonyl (C=O) groups is 1. The fourth-order valence-electron chi connectivity index (χ4n) is 2.48. The van der Waals surface area contributed by atoms with Crippen molar-refractivity contribution in [2.24, 2.45) is 0 Å². The van der Waals surface area contributed by atoms with Crippen LogP contribution in [0.15, 0.2) is 10.6 Å². The van der Waals surface area contributed by atoms with Crippen molar-refractivity contribution >= 4 is 5.91 Å². The van der Waals surface area contributed by atoms with E-state index < -0.39 is 0 Å². The second-order valence-corrected chi connectivity index (χ2v) is 4.87. The summed E-state index contributed by atoms with van der Waals surface area (Å²) >= 11 is 0. The predicted octanol–water partition coefficient (Wildman–Crippen LogP) is 1.59. The van der Waals surface area contributed by atoms with Gasteiger partial charge in [0.05, 0.1) is 5.69 Å². The Labute approximate surface area is 108 Å². The van der Waals surface area contributed by atoms with Gasteiger partial charge in [-0.3, -0.25) is 4.79 Å². The summed E-state index contributed by atoms with van der Waals surface area (Å²) in [4.78, 5) is 14.3. The van der Waals surface area contributed by atoms with Gasteiger partial charge in [0.1, 0.15) is 0 Å². The van der Waals surface area contributed by atoms with E-state index in [2.05, 4.69) is 10.5 Å². The average molecular weight is 251 g/mol. The first-order valence-electron chi connectivity index (χ1n) is 6.61.